The highest BCUT2D eigenvalue weighted by molar-refractivity contribution is 9.10. The number of amides is 1. The number of halogens is 2. The maximum absolute atomic E-state index is 12.5. The summed E-state index contributed by atoms with van der Waals surface area (Å²) in [7, 11) is -3.47. The number of nitrogens with one attached hydrogen (secondary N) is 1. The van der Waals surface area contributed by atoms with Crippen LogP contribution in [0.25, 0.3) is 0 Å². The molecule has 6 nitrogen and oxygen atoms in total. The highest BCUT2D eigenvalue weighted by Gasteiger charge is 2.27. The first kappa shape index (κ1) is 21.1. The zero-order valence-electron chi connectivity index (χ0n) is 15.2. The van der Waals surface area contributed by atoms with Gasteiger partial charge >= 0.3 is 0 Å². The van der Waals surface area contributed by atoms with E-state index in [2.05, 4.69) is 21.2 Å². The topological polar surface area (TPSA) is 75.7 Å². The molecule has 0 spiro atoms. The van der Waals surface area contributed by atoms with Gasteiger partial charge in [-0.3, -0.25) is 4.79 Å². The van der Waals surface area contributed by atoms with Gasteiger partial charge in [0.15, 0.2) is 6.10 Å². The van der Waals surface area contributed by atoms with Crippen molar-refractivity contribution in [3.05, 3.63) is 52.0 Å². The molecule has 0 bridgehead atoms. The monoisotopic (exact) mass is 486 g/mol. The van der Waals surface area contributed by atoms with E-state index in [9.17, 15) is 13.2 Å². The Bertz CT molecular complexity index is 960. The molecule has 2 aromatic rings. The largest absolute Gasteiger partial charge is 0.480 e. The average Bonchev–Trinajstić information content (AvgIpc) is 3.20. The van der Waals surface area contributed by atoms with Crippen LogP contribution in [0.1, 0.15) is 19.8 Å². The van der Waals surface area contributed by atoms with Gasteiger partial charge in [0.05, 0.1) is 9.37 Å². The number of carbonyl (C=O) groups is 1. The molecule has 28 heavy (non-hydrogen) atoms. The molecule has 1 aliphatic heterocycles. The quantitative estimate of drug-likeness (QED) is 0.659. The van der Waals surface area contributed by atoms with Crippen LogP contribution in [0.4, 0.5) is 5.69 Å². The first-order chi connectivity index (χ1) is 13.3. The molecule has 2 aromatic carbocycles. The van der Waals surface area contributed by atoms with E-state index in [0.717, 1.165) is 12.8 Å². The zero-order chi connectivity index (χ0) is 20.3. The van der Waals surface area contributed by atoms with Crippen molar-refractivity contribution < 1.29 is 17.9 Å². The third kappa shape index (κ3) is 4.86. The van der Waals surface area contributed by atoms with Gasteiger partial charge < -0.3 is 10.1 Å². The molecule has 0 aromatic heterocycles. The number of rotatable bonds is 6. The fourth-order valence-electron chi connectivity index (χ4n) is 2.85. The first-order valence-electron chi connectivity index (χ1n) is 8.80. The summed E-state index contributed by atoms with van der Waals surface area (Å²) in [5, 5.41) is 3.28. The van der Waals surface area contributed by atoms with Crippen molar-refractivity contribution in [3.8, 4) is 5.75 Å². The fourth-order valence-corrected chi connectivity index (χ4v) is 5.14. The Morgan fingerprint density at radius 1 is 1.18 bits per heavy atom. The van der Waals surface area contributed by atoms with Crippen molar-refractivity contribution >= 4 is 49.1 Å². The predicted octanol–water partition coefficient (Wildman–Crippen LogP) is 4.29. The average molecular weight is 488 g/mol. The minimum atomic E-state index is -3.47. The van der Waals surface area contributed by atoms with Crippen LogP contribution in [0.15, 0.2) is 51.8 Å². The first-order valence-corrected chi connectivity index (χ1v) is 11.4. The summed E-state index contributed by atoms with van der Waals surface area (Å²) >= 11 is 9.24. The summed E-state index contributed by atoms with van der Waals surface area (Å²) in [6.07, 6.45) is 1.01. The second-order valence-corrected chi connectivity index (χ2v) is 9.69. The van der Waals surface area contributed by atoms with E-state index < -0.39 is 16.1 Å². The maximum atomic E-state index is 12.5. The summed E-state index contributed by atoms with van der Waals surface area (Å²) in [5.74, 6) is 0.149. The Morgan fingerprint density at radius 3 is 2.43 bits per heavy atom. The highest BCUT2D eigenvalue weighted by Crippen LogP contribution is 2.29. The van der Waals surface area contributed by atoms with Gasteiger partial charge in [0, 0.05) is 23.8 Å². The number of hydrogen-bond donors (Lipinski definition) is 1. The number of hydrogen-bond acceptors (Lipinski definition) is 4. The molecule has 1 aliphatic rings. The number of carbonyl (C=O) groups excluding carboxylic acids is 1. The van der Waals surface area contributed by atoms with Crippen molar-refractivity contribution in [2.45, 2.75) is 30.8 Å². The number of sulfonamides is 1. The van der Waals surface area contributed by atoms with Crippen molar-refractivity contribution in [2.75, 3.05) is 18.4 Å². The van der Waals surface area contributed by atoms with E-state index in [1.54, 1.807) is 37.3 Å². The molecule has 0 radical (unpaired) electrons. The van der Waals surface area contributed by atoms with Gasteiger partial charge in [0.1, 0.15) is 5.75 Å². The van der Waals surface area contributed by atoms with Crippen LogP contribution in [0, 0.1) is 0 Å². The minimum absolute atomic E-state index is 0.224. The molecule has 9 heteroatoms. The zero-order valence-corrected chi connectivity index (χ0v) is 18.4. The molecule has 1 unspecified atom stereocenters. The van der Waals surface area contributed by atoms with Crippen molar-refractivity contribution in [3.63, 3.8) is 0 Å². The lowest BCUT2D eigenvalue weighted by atomic mass is 10.3. The normalized spacial score (nSPS) is 16.0. The van der Waals surface area contributed by atoms with E-state index in [-0.39, 0.29) is 10.8 Å². The Labute approximate surface area is 178 Å². The fraction of sp³-hybridized carbons (Fsp3) is 0.316. The Morgan fingerprint density at radius 2 is 1.82 bits per heavy atom. The van der Waals surface area contributed by atoms with Crippen molar-refractivity contribution in [1.82, 2.24) is 4.31 Å². The van der Waals surface area contributed by atoms with Gasteiger partial charge in [-0.1, -0.05) is 11.6 Å². The van der Waals surface area contributed by atoms with E-state index in [1.165, 1.54) is 16.4 Å². The summed E-state index contributed by atoms with van der Waals surface area (Å²) in [4.78, 5) is 12.6. The van der Waals surface area contributed by atoms with Crippen LogP contribution >= 0.6 is 27.5 Å². The highest BCUT2D eigenvalue weighted by atomic mass is 79.9. The smallest absolute Gasteiger partial charge is 0.265 e. The Kier molecular flexibility index (Phi) is 6.65. The Balaban J connectivity index is 1.63. The molecule has 1 N–H and O–H groups in total. The maximum Gasteiger partial charge on any atom is 0.265 e. The summed E-state index contributed by atoms with van der Waals surface area (Å²) in [6.45, 7) is 2.73. The standard InChI is InChI=1S/C19H20BrClN2O4S/c1-13(27-18-9-4-14(21)12-17(18)20)19(24)22-15-5-7-16(8-6-15)28(25,26)23-10-2-3-11-23/h4-9,12-13H,2-3,10-11H2,1H3,(H,22,24). The van der Waals surface area contributed by atoms with Crippen LogP contribution in [-0.4, -0.2) is 37.8 Å². The lowest BCUT2D eigenvalue weighted by molar-refractivity contribution is -0.122. The molecular weight excluding hydrogens is 468 g/mol. The van der Waals surface area contributed by atoms with E-state index in [0.29, 0.717) is 34.0 Å². The molecule has 1 saturated heterocycles. The van der Waals surface area contributed by atoms with E-state index >= 15 is 0 Å². The van der Waals surface area contributed by atoms with Gasteiger partial charge in [-0.2, -0.15) is 4.31 Å². The Hall–Kier alpha value is -1.61. The number of ether oxygens (including phenoxy) is 1. The molecule has 1 amide bonds. The summed E-state index contributed by atoms with van der Waals surface area (Å²) in [6, 6.07) is 11.2. The SMILES string of the molecule is CC(Oc1ccc(Cl)cc1Br)C(=O)Nc1ccc(S(=O)(=O)N2CCCC2)cc1. The van der Waals surface area contributed by atoms with Crippen LogP contribution in [0.5, 0.6) is 5.75 Å². The molecule has 1 atom stereocenters. The van der Waals surface area contributed by atoms with E-state index in [1.807, 2.05) is 0 Å². The molecule has 150 valence electrons. The molecule has 0 saturated carbocycles. The molecule has 0 aliphatic carbocycles. The van der Waals surface area contributed by atoms with Gasteiger partial charge in [0.2, 0.25) is 10.0 Å². The summed E-state index contributed by atoms with van der Waals surface area (Å²) in [5.41, 5.74) is 0.496. The molecular formula is C19H20BrClN2O4S. The lowest BCUT2D eigenvalue weighted by Gasteiger charge is -2.17. The van der Waals surface area contributed by atoms with Gasteiger partial charge in [-0.15, -0.1) is 0 Å². The van der Waals surface area contributed by atoms with Crippen molar-refractivity contribution in [1.29, 1.82) is 0 Å². The third-order valence-electron chi connectivity index (χ3n) is 4.39. The summed E-state index contributed by atoms with van der Waals surface area (Å²) < 4.78 is 32.9. The van der Waals surface area contributed by atoms with Gasteiger partial charge in [-0.05, 0) is 78.2 Å². The van der Waals surface area contributed by atoms with Crippen LogP contribution < -0.4 is 10.1 Å². The molecule has 3 rings (SSSR count). The third-order valence-corrected chi connectivity index (χ3v) is 7.16. The van der Waals surface area contributed by atoms with Crippen molar-refractivity contribution in [2.24, 2.45) is 0 Å². The van der Waals surface area contributed by atoms with Gasteiger partial charge in [0.25, 0.3) is 5.91 Å². The number of nitrogens with zero attached hydrogens (tertiary/aromatic N) is 1. The minimum Gasteiger partial charge on any atom is -0.480 e. The molecule has 1 fully saturated rings. The number of benzene rings is 2. The van der Waals surface area contributed by atoms with Crippen LogP contribution in [0.2, 0.25) is 5.02 Å². The second kappa shape index (κ2) is 8.82. The predicted molar refractivity (Wildman–Crippen MR) is 112 cm³/mol. The van der Waals surface area contributed by atoms with Crippen LogP contribution in [-0.2, 0) is 14.8 Å². The van der Waals surface area contributed by atoms with Gasteiger partial charge in [-0.25, -0.2) is 8.42 Å². The lowest BCUT2D eigenvalue weighted by Crippen LogP contribution is -2.30. The van der Waals surface area contributed by atoms with Crippen LogP contribution in [0.3, 0.4) is 0 Å². The van der Waals surface area contributed by atoms with E-state index in [4.69, 9.17) is 16.3 Å². The number of anilines is 1. The second-order valence-electron chi connectivity index (χ2n) is 6.46. The molecule has 1 heterocycles.